The molecule has 0 heterocycles. The average Bonchev–Trinajstić information content (AvgIpc) is 2.05. The van der Waals surface area contributed by atoms with Gasteiger partial charge in [0.1, 0.15) is 0 Å². The van der Waals surface area contributed by atoms with Crippen LogP contribution in [0.15, 0.2) is 0 Å². The van der Waals surface area contributed by atoms with Crippen molar-refractivity contribution in [3.8, 4) is 0 Å². The molecule has 0 unspecified atom stereocenters. The summed E-state index contributed by atoms with van der Waals surface area (Å²) in [6.07, 6.45) is 8.77. The average molecular weight is 200 g/mol. The molecule has 0 atom stereocenters. The Morgan fingerprint density at radius 3 is 1.57 bits per heavy atom. The quantitative estimate of drug-likeness (QED) is 0.512. The van der Waals surface area contributed by atoms with E-state index in [9.17, 15) is 0 Å². The highest BCUT2D eigenvalue weighted by molar-refractivity contribution is 4.76. The van der Waals surface area contributed by atoms with Gasteiger partial charge in [-0.05, 0) is 24.2 Å². The Kier molecular flexibility index (Phi) is 9.76. The maximum Gasteiger partial charge on any atom is -0.0328 e. The first-order chi connectivity index (χ1) is 6.00. The van der Waals surface area contributed by atoms with Gasteiger partial charge in [-0.15, -0.1) is 0 Å². The first-order valence-corrected chi connectivity index (χ1v) is 6.00. The number of hydrogen-bond donors (Lipinski definition) is 0. The van der Waals surface area contributed by atoms with Crippen molar-refractivity contribution in [2.24, 2.45) is 11.3 Å². The van der Waals surface area contributed by atoms with Crippen LogP contribution in [0, 0.1) is 11.3 Å². The molecule has 1 saturated carbocycles. The third kappa shape index (κ3) is 8.59. The van der Waals surface area contributed by atoms with Gasteiger partial charge in [-0.1, -0.05) is 67.7 Å². The molecule has 1 aliphatic rings. The lowest BCUT2D eigenvalue weighted by atomic mass is 9.74. The maximum absolute atomic E-state index is 2.44. The first kappa shape index (κ1) is 16.4. The SMILES string of the molecule is C.CC(C)C.CCC1(C)CCCCC1. The van der Waals surface area contributed by atoms with Crippen LogP contribution in [0.3, 0.4) is 0 Å². The van der Waals surface area contributed by atoms with Gasteiger partial charge in [0.15, 0.2) is 0 Å². The van der Waals surface area contributed by atoms with E-state index in [4.69, 9.17) is 0 Å². The molecule has 0 amide bonds. The molecule has 0 aromatic rings. The standard InChI is InChI=1S/C9H18.C4H10.CH4/c1-3-9(2)7-5-4-6-8-9;1-4(2)3;/h3-8H2,1-2H3;4H,1-3H3;1H4. The zero-order chi connectivity index (χ0) is 10.3. The van der Waals surface area contributed by atoms with Crippen molar-refractivity contribution in [3.05, 3.63) is 0 Å². The van der Waals surface area contributed by atoms with Crippen molar-refractivity contribution in [1.29, 1.82) is 0 Å². The zero-order valence-corrected chi connectivity index (χ0v) is 10.3. The number of rotatable bonds is 1. The van der Waals surface area contributed by atoms with E-state index in [0.29, 0.717) is 0 Å². The Bertz CT molecular complexity index is 104. The molecule has 0 bridgehead atoms. The lowest BCUT2D eigenvalue weighted by molar-refractivity contribution is 0.208. The van der Waals surface area contributed by atoms with E-state index in [1.165, 1.54) is 38.5 Å². The summed E-state index contributed by atoms with van der Waals surface area (Å²) >= 11 is 0. The summed E-state index contributed by atoms with van der Waals surface area (Å²) in [5.41, 5.74) is 0.720. The summed E-state index contributed by atoms with van der Waals surface area (Å²) in [4.78, 5) is 0. The van der Waals surface area contributed by atoms with Gasteiger partial charge in [0.05, 0.1) is 0 Å². The van der Waals surface area contributed by atoms with Gasteiger partial charge in [-0.25, -0.2) is 0 Å². The third-order valence-electron chi connectivity index (χ3n) is 2.91. The molecule has 0 nitrogen and oxygen atoms in total. The molecule has 0 radical (unpaired) electrons. The van der Waals surface area contributed by atoms with E-state index in [1.54, 1.807) is 0 Å². The van der Waals surface area contributed by atoms with E-state index in [1.807, 2.05) is 0 Å². The molecule has 0 N–H and O–H groups in total. The first-order valence-electron chi connectivity index (χ1n) is 6.00. The summed E-state index contributed by atoms with van der Waals surface area (Å²) in [6, 6.07) is 0. The highest BCUT2D eigenvalue weighted by atomic mass is 14.3. The number of hydrogen-bond acceptors (Lipinski definition) is 0. The van der Waals surface area contributed by atoms with Crippen LogP contribution in [0.1, 0.15) is 80.6 Å². The smallest absolute Gasteiger partial charge is 0.0328 e. The molecule has 1 fully saturated rings. The largest absolute Gasteiger partial charge is 0.0776 e. The summed E-state index contributed by atoms with van der Waals surface area (Å²) in [6.45, 7) is 11.3. The highest BCUT2D eigenvalue weighted by Gasteiger charge is 2.23. The monoisotopic (exact) mass is 200 g/mol. The van der Waals surface area contributed by atoms with Crippen molar-refractivity contribution in [1.82, 2.24) is 0 Å². The normalized spacial score (nSPS) is 19.3. The summed E-state index contributed by atoms with van der Waals surface area (Å²) < 4.78 is 0. The molecule has 0 heteroatoms. The third-order valence-corrected chi connectivity index (χ3v) is 2.91. The van der Waals surface area contributed by atoms with E-state index in [-0.39, 0.29) is 7.43 Å². The van der Waals surface area contributed by atoms with Gasteiger partial charge in [0.2, 0.25) is 0 Å². The predicted octanol–water partition coefficient (Wildman–Crippen LogP) is 5.67. The van der Waals surface area contributed by atoms with Crippen LogP contribution in [-0.2, 0) is 0 Å². The Morgan fingerprint density at radius 1 is 1.00 bits per heavy atom. The molecule has 0 aromatic carbocycles. The Balaban J connectivity index is 0. The van der Waals surface area contributed by atoms with Gasteiger partial charge in [0, 0.05) is 0 Å². The molecule has 0 aromatic heterocycles. The Morgan fingerprint density at radius 2 is 1.36 bits per heavy atom. The van der Waals surface area contributed by atoms with Gasteiger partial charge >= 0.3 is 0 Å². The van der Waals surface area contributed by atoms with Crippen LogP contribution in [0.4, 0.5) is 0 Å². The fourth-order valence-electron chi connectivity index (χ4n) is 1.76. The molecule has 0 saturated heterocycles. The fraction of sp³-hybridized carbons (Fsp3) is 1.00. The fourth-order valence-corrected chi connectivity index (χ4v) is 1.76. The Labute approximate surface area is 92.5 Å². The van der Waals surface area contributed by atoms with E-state index in [2.05, 4.69) is 34.6 Å². The minimum Gasteiger partial charge on any atom is -0.0776 e. The minimum absolute atomic E-state index is 0. The molecule has 0 aliphatic heterocycles. The second-order valence-corrected chi connectivity index (χ2v) is 5.46. The minimum atomic E-state index is 0. The van der Waals surface area contributed by atoms with E-state index in [0.717, 1.165) is 11.3 Å². The van der Waals surface area contributed by atoms with Gasteiger partial charge < -0.3 is 0 Å². The van der Waals surface area contributed by atoms with Gasteiger partial charge in [-0.2, -0.15) is 0 Å². The van der Waals surface area contributed by atoms with E-state index >= 15 is 0 Å². The second-order valence-electron chi connectivity index (χ2n) is 5.46. The van der Waals surface area contributed by atoms with Crippen molar-refractivity contribution in [2.45, 2.75) is 80.6 Å². The summed E-state index contributed by atoms with van der Waals surface area (Å²) in [5.74, 6) is 0.833. The second kappa shape index (κ2) is 8.32. The van der Waals surface area contributed by atoms with Crippen molar-refractivity contribution in [2.75, 3.05) is 0 Å². The van der Waals surface area contributed by atoms with Crippen LogP contribution in [-0.4, -0.2) is 0 Å². The highest BCUT2D eigenvalue weighted by Crippen LogP contribution is 2.37. The van der Waals surface area contributed by atoms with Crippen molar-refractivity contribution < 1.29 is 0 Å². The van der Waals surface area contributed by atoms with Crippen LogP contribution in [0.2, 0.25) is 0 Å². The molecule has 1 aliphatic carbocycles. The molecule has 14 heavy (non-hydrogen) atoms. The molecule has 0 spiro atoms. The van der Waals surface area contributed by atoms with Crippen LogP contribution < -0.4 is 0 Å². The summed E-state index contributed by atoms with van der Waals surface area (Å²) in [5, 5.41) is 0. The molecule has 1 rings (SSSR count). The van der Waals surface area contributed by atoms with Crippen molar-refractivity contribution >= 4 is 0 Å². The van der Waals surface area contributed by atoms with E-state index < -0.39 is 0 Å². The summed E-state index contributed by atoms with van der Waals surface area (Å²) in [7, 11) is 0. The lowest BCUT2D eigenvalue weighted by Crippen LogP contribution is -2.18. The van der Waals surface area contributed by atoms with Gasteiger partial charge in [0.25, 0.3) is 0 Å². The zero-order valence-electron chi connectivity index (χ0n) is 10.3. The van der Waals surface area contributed by atoms with Crippen LogP contribution >= 0.6 is 0 Å². The van der Waals surface area contributed by atoms with Crippen LogP contribution in [0.25, 0.3) is 0 Å². The van der Waals surface area contributed by atoms with Crippen molar-refractivity contribution in [3.63, 3.8) is 0 Å². The maximum atomic E-state index is 2.44. The van der Waals surface area contributed by atoms with Gasteiger partial charge in [-0.3, -0.25) is 0 Å². The Hall–Kier alpha value is 0. The topological polar surface area (TPSA) is 0 Å². The lowest BCUT2D eigenvalue weighted by Gasteiger charge is -2.32. The molecular weight excluding hydrogens is 168 g/mol. The predicted molar refractivity (Wildman–Crippen MR) is 68.7 cm³/mol. The molecule has 88 valence electrons. The molecular formula is C14H32. The van der Waals surface area contributed by atoms with Crippen LogP contribution in [0.5, 0.6) is 0 Å².